The lowest BCUT2D eigenvalue weighted by Gasteiger charge is -2.26. The maximum atomic E-state index is 14.8. The molecule has 1 aliphatic heterocycles. The number of carbonyl (C=O) groups excluding carboxylic acids is 1. The molecule has 1 fully saturated rings. The van der Waals surface area contributed by atoms with Gasteiger partial charge >= 0.3 is 0 Å². The summed E-state index contributed by atoms with van der Waals surface area (Å²) in [6.07, 6.45) is 2.55. The van der Waals surface area contributed by atoms with Gasteiger partial charge in [-0.1, -0.05) is 12.1 Å². The number of imidazole rings is 1. The molecule has 3 heterocycles. The summed E-state index contributed by atoms with van der Waals surface area (Å²) in [6, 6.07) is 9.00. The van der Waals surface area contributed by atoms with Crippen LogP contribution in [0.4, 0.5) is 8.78 Å². The predicted molar refractivity (Wildman–Crippen MR) is 118 cm³/mol. The maximum Gasteiger partial charge on any atom is 0.230 e. The van der Waals surface area contributed by atoms with Crippen molar-refractivity contribution >= 4 is 27.7 Å². The van der Waals surface area contributed by atoms with Crippen LogP contribution in [0.5, 0.6) is 0 Å². The third-order valence-electron chi connectivity index (χ3n) is 6.12. The summed E-state index contributed by atoms with van der Waals surface area (Å²) in [5.74, 6) is -0.868. The highest BCUT2D eigenvalue weighted by molar-refractivity contribution is 6.15. The molecule has 0 bridgehead atoms. The quantitative estimate of drug-likeness (QED) is 0.430. The van der Waals surface area contributed by atoms with Gasteiger partial charge in [0, 0.05) is 44.8 Å². The Bertz CT molecular complexity index is 1300. The van der Waals surface area contributed by atoms with Crippen molar-refractivity contribution in [2.75, 3.05) is 32.8 Å². The van der Waals surface area contributed by atoms with Gasteiger partial charge in [0.1, 0.15) is 11.6 Å². The lowest BCUT2D eigenvalue weighted by molar-refractivity contribution is 0.0369. The van der Waals surface area contributed by atoms with E-state index in [1.807, 2.05) is 4.57 Å². The van der Waals surface area contributed by atoms with Crippen molar-refractivity contribution in [2.24, 2.45) is 7.05 Å². The monoisotopic (exact) mass is 438 g/mol. The molecule has 0 N–H and O–H groups in total. The number of rotatable bonds is 6. The van der Waals surface area contributed by atoms with Crippen LogP contribution in [0.3, 0.4) is 0 Å². The fraction of sp³-hybridized carbons (Fsp3) is 0.333. The van der Waals surface area contributed by atoms with E-state index in [0.29, 0.717) is 34.0 Å². The van der Waals surface area contributed by atoms with E-state index >= 15 is 0 Å². The van der Waals surface area contributed by atoms with Crippen molar-refractivity contribution in [1.29, 1.82) is 0 Å². The summed E-state index contributed by atoms with van der Waals surface area (Å²) >= 11 is 0. The first-order chi connectivity index (χ1) is 15.5. The molecule has 0 unspecified atom stereocenters. The molecular formula is C24H24F2N4O2. The Labute approximate surface area is 184 Å². The van der Waals surface area contributed by atoms with E-state index < -0.39 is 5.82 Å². The van der Waals surface area contributed by atoms with E-state index in [4.69, 9.17) is 4.74 Å². The van der Waals surface area contributed by atoms with Gasteiger partial charge in [-0.2, -0.15) is 0 Å². The zero-order valence-corrected chi connectivity index (χ0v) is 17.9. The van der Waals surface area contributed by atoms with Crippen molar-refractivity contribution < 1.29 is 18.3 Å². The van der Waals surface area contributed by atoms with E-state index in [9.17, 15) is 13.6 Å². The first-order valence-corrected chi connectivity index (χ1v) is 10.8. The number of halogens is 2. The number of aryl methyl sites for hydroxylation is 2. The van der Waals surface area contributed by atoms with Crippen LogP contribution in [0.25, 0.3) is 21.9 Å². The minimum absolute atomic E-state index is 0.197. The first kappa shape index (κ1) is 20.8. The Morgan fingerprint density at radius 3 is 2.75 bits per heavy atom. The Hall–Kier alpha value is -3.10. The number of aromatic nitrogens is 3. The molecule has 0 atom stereocenters. The van der Waals surface area contributed by atoms with Crippen molar-refractivity contribution in [3.05, 3.63) is 65.6 Å². The molecule has 1 aliphatic rings. The van der Waals surface area contributed by atoms with Crippen molar-refractivity contribution in [2.45, 2.75) is 13.0 Å². The van der Waals surface area contributed by atoms with Gasteiger partial charge in [-0.05, 0) is 30.7 Å². The summed E-state index contributed by atoms with van der Waals surface area (Å²) in [7, 11) is 1.68. The van der Waals surface area contributed by atoms with E-state index in [-0.39, 0.29) is 17.4 Å². The summed E-state index contributed by atoms with van der Waals surface area (Å²) in [5.41, 5.74) is 1.89. The van der Waals surface area contributed by atoms with Crippen LogP contribution in [0.1, 0.15) is 22.6 Å². The second-order valence-corrected chi connectivity index (χ2v) is 8.14. The zero-order chi connectivity index (χ0) is 22.2. The van der Waals surface area contributed by atoms with Gasteiger partial charge in [-0.3, -0.25) is 9.69 Å². The number of para-hydroxylation sites is 1. The van der Waals surface area contributed by atoms with Crippen LogP contribution in [0.15, 0.2) is 42.6 Å². The van der Waals surface area contributed by atoms with Crippen LogP contribution < -0.4 is 0 Å². The fourth-order valence-corrected chi connectivity index (χ4v) is 4.45. The number of nitrogens with zero attached hydrogens (tertiary/aromatic N) is 4. The van der Waals surface area contributed by atoms with E-state index in [1.54, 1.807) is 36.0 Å². The number of morpholine rings is 1. The smallest absolute Gasteiger partial charge is 0.230 e. The second-order valence-electron chi connectivity index (χ2n) is 8.14. The van der Waals surface area contributed by atoms with Crippen LogP contribution >= 0.6 is 0 Å². The molecule has 2 aromatic carbocycles. The Morgan fingerprint density at radius 1 is 1.12 bits per heavy atom. The van der Waals surface area contributed by atoms with Crippen molar-refractivity contribution in [1.82, 2.24) is 19.0 Å². The van der Waals surface area contributed by atoms with E-state index in [1.165, 1.54) is 18.2 Å². The lowest BCUT2D eigenvalue weighted by Crippen LogP contribution is -2.37. The summed E-state index contributed by atoms with van der Waals surface area (Å²) < 4.78 is 37.2. The Kier molecular flexibility index (Phi) is 5.48. The van der Waals surface area contributed by atoms with E-state index in [2.05, 4.69) is 9.88 Å². The van der Waals surface area contributed by atoms with Gasteiger partial charge in [-0.25, -0.2) is 13.8 Å². The number of fused-ring (bicyclic) bond motifs is 2. The van der Waals surface area contributed by atoms with Gasteiger partial charge in [0.25, 0.3) is 0 Å². The molecule has 32 heavy (non-hydrogen) atoms. The van der Waals surface area contributed by atoms with Gasteiger partial charge in [-0.15, -0.1) is 0 Å². The maximum absolute atomic E-state index is 14.8. The molecule has 1 saturated heterocycles. The molecule has 2 aromatic heterocycles. The van der Waals surface area contributed by atoms with Crippen LogP contribution in [0.2, 0.25) is 0 Å². The predicted octanol–water partition coefficient (Wildman–Crippen LogP) is 3.76. The van der Waals surface area contributed by atoms with Crippen molar-refractivity contribution in [3.63, 3.8) is 0 Å². The number of ether oxygens (including phenoxy) is 1. The molecule has 4 aromatic rings. The standard InChI is InChI=1S/C24H24F2N4O2/c1-28-21-14-16(25)6-7-20(21)27-24(28)23(31)18-15-30(22-17(18)4-2-5-19(22)26)9-3-8-29-10-12-32-13-11-29/h2,4-7,14-15H,3,8-13H2,1H3. The molecule has 0 spiro atoms. The minimum Gasteiger partial charge on any atom is -0.379 e. The molecule has 8 heteroatoms. The van der Waals surface area contributed by atoms with Crippen LogP contribution in [-0.4, -0.2) is 57.6 Å². The summed E-state index contributed by atoms with van der Waals surface area (Å²) in [6.45, 7) is 4.76. The Balaban J connectivity index is 1.48. The molecule has 5 rings (SSSR count). The van der Waals surface area contributed by atoms with Crippen molar-refractivity contribution in [3.8, 4) is 0 Å². The van der Waals surface area contributed by atoms with Crippen LogP contribution in [0, 0.1) is 11.6 Å². The number of ketones is 1. The largest absolute Gasteiger partial charge is 0.379 e. The molecule has 6 nitrogen and oxygen atoms in total. The third-order valence-corrected chi connectivity index (χ3v) is 6.12. The number of hydrogen-bond acceptors (Lipinski definition) is 4. The first-order valence-electron chi connectivity index (χ1n) is 10.8. The minimum atomic E-state index is -0.390. The average molecular weight is 438 g/mol. The number of carbonyl (C=O) groups is 1. The highest BCUT2D eigenvalue weighted by Crippen LogP contribution is 2.27. The molecule has 0 radical (unpaired) electrons. The molecular weight excluding hydrogens is 414 g/mol. The molecule has 0 saturated carbocycles. The number of hydrogen-bond donors (Lipinski definition) is 0. The highest BCUT2D eigenvalue weighted by atomic mass is 19.1. The number of benzene rings is 2. The average Bonchev–Trinajstić information content (AvgIpc) is 3.33. The molecule has 0 aliphatic carbocycles. The SMILES string of the molecule is Cn1c(C(=O)c2cn(CCCN3CCOCC3)c3c(F)cccc23)nc2ccc(F)cc21. The van der Waals surface area contributed by atoms with Gasteiger partial charge in [0.15, 0.2) is 5.82 Å². The summed E-state index contributed by atoms with van der Waals surface area (Å²) in [4.78, 5) is 20.2. The molecule has 166 valence electrons. The summed E-state index contributed by atoms with van der Waals surface area (Å²) in [5, 5.41) is 0.555. The second kappa shape index (κ2) is 8.44. The highest BCUT2D eigenvalue weighted by Gasteiger charge is 2.23. The van der Waals surface area contributed by atoms with Gasteiger partial charge in [0.2, 0.25) is 5.78 Å². The third kappa shape index (κ3) is 3.69. The topological polar surface area (TPSA) is 52.3 Å². The lowest BCUT2D eigenvalue weighted by atomic mass is 10.1. The zero-order valence-electron chi connectivity index (χ0n) is 17.9. The van der Waals surface area contributed by atoms with Gasteiger partial charge < -0.3 is 13.9 Å². The Morgan fingerprint density at radius 2 is 1.94 bits per heavy atom. The van der Waals surface area contributed by atoms with E-state index in [0.717, 1.165) is 39.3 Å². The fourth-order valence-electron chi connectivity index (χ4n) is 4.45. The van der Waals surface area contributed by atoms with Crippen LogP contribution in [-0.2, 0) is 18.3 Å². The van der Waals surface area contributed by atoms with Gasteiger partial charge in [0.05, 0.1) is 35.3 Å². The normalized spacial score (nSPS) is 15.1. The molecule has 0 amide bonds.